The molecular formula is C12H8FN3O3S. The SMILES string of the molecule is CCOC(=O)c1nnc(Sc2ccc(F)cc2C#N)o1. The summed E-state index contributed by atoms with van der Waals surface area (Å²) >= 11 is 0.967. The molecule has 0 radical (unpaired) electrons. The number of esters is 1. The molecule has 0 amide bonds. The number of ether oxygens (including phenoxy) is 1. The van der Waals surface area contributed by atoms with Crippen LogP contribution in [0.1, 0.15) is 23.2 Å². The molecule has 0 fully saturated rings. The van der Waals surface area contributed by atoms with Crippen LogP contribution in [0.25, 0.3) is 0 Å². The van der Waals surface area contributed by atoms with Crippen LogP contribution in [0.5, 0.6) is 0 Å². The number of aromatic nitrogens is 2. The number of carbonyl (C=O) groups is 1. The number of hydrogen-bond acceptors (Lipinski definition) is 7. The summed E-state index contributed by atoms with van der Waals surface area (Å²) in [6.45, 7) is 1.85. The van der Waals surface area contributed by atoms with Gasteiger partial charge in [0.2, 0.25) is 0 Å². The second kappa shape index (κ2) is 6.16. The van der Waals surface area contributed by atoms with Crippen LogP contribution in [0.2, 0.25) is 0 Å². The highest BCUT2D eigenvalue weighted by Crippen LogP contribution is 2.29. The molecule has 0 N–H and O–H groups in total. The van der Waals surface area contributed by atoms with E-state index < -0.39 is 11.8 Å². The Kier molecular flexibility index (Phi) is 4.32. The van der Waals surface area contributed by atoms with E-state index in [0.717, 1.165) is 17.8 Å². The molecule has 8 heteroatoms. The van der Waals surface area contributed by atoms with Gasteiger partial charge >= 0.3 is 11.9 Å². The maximum Gasteiger partial charge on any atom is 0.396 e. The third-order valence-electron chi connectivity index (χ3n) is 2.12. The van der Waals surface area contributed by atoms with E-state index in [2.05, 4.69) is 10.2 Å². The van der Waals surface area contributed by atoms with Gasteiger partial charge in [0.15, 0.2) is 0 Å². The van der Waals surface area contributed by atoms with E-state index in [1.54, 1.807) is 6.92 Å². The fourth-order valence-electron chi connectivity index (χ4n) is 1.30. The lowest BCUT2D eigenvalue weighted by atomic mass is 10.2. The van der Waals surface area contributed by atoms with Crippen molar-refractivity contribution in [3.63, 3.8) is 0 Å². The Morgan fingerprint density at radius 2 is 2.35 bits per heavy atom. The van der Waals surface area contributed by atoms with Gasteiger partial charge in [-0.25, -0.2) is 9.18 Å². The molecule has 0 aliphatic carbocycles. The highest BCUT2D eigenvalue weighted by molar-refractivity contribution is 7.99. The van der Waals surface area contributed by atoms with Crippen LogP contribution in [0.15, 0.2) is 32.7 Å². The molecule has 0 spiro atoms. The van der Waals surface area contributed by atoms with Crippen molar-refractivity contribution in [1.29, 1.82) is 5.26 Å². The predicted octanol–water partition coefficient (Wildman–Crippen LogP) is 2.41. The molecule has 0 aliphatic heterocycles. The minimum absolute atomic E-state index is 0.0659. The van der Waals surface area contributed by atoms with Crippen LogP contribution >= 0.6 is 11.8 Å². The zero-order valence-corrected chi connectivity index (χ0v) is 11.1. The molecule has 0 bridgehead atoms. The van der Waals surface area contributed by atoms with Gasteiger partial charge in [-0.15, -0.1) is 5.10 Å². The molecule has 0 atom stereocenters. The van der Waals surface area contributed by atoms with Gasteiger partial charge in [0.05, 0.1) is 12.2 Å². The van der Waals surface area contributed by atoms with E-state index in [1.807, 2.05) is 6.07 Å². The molecule has 1 heterocycles. The molecule has 0 aliphatic rings. The molecule has 102 valence electrons. The number of halogens is 1. The average molecular weight is 293 g/mol. The molecule has 2 rings (SSSR count). The average Bonchev–Trinajstić information content (AvgIpc) is 2.89. The van der Waals surface area contributed by atoms with Gasteiger partial charge in [0, 0.05) is 4.90 Å². The Morgan fingerprint density at radius 1 is 1.55 bits per heavy atom. The van der Waals surface area contributed by atoms with Crippen LogP contribution < -0.4 is 0 Å². The third kappa shape index (κ3) is 3.13. The summed E-state index contributed by atoms with van der Waals surface area (Å²) in [5, 5.41) is 16.2. The summed E-state index contributed by atoms with van der Waals surface area (Å²) < 4.78 is 22.8. The number of hydrogen-bond donors (Lipinski definition) is 0. The van der Waals surface area contributed by atoms with E-state index in [4.69, 9.17) is 14.4 Å². The predicted molar refractivity (Wildman–Crippen MR) is 65.5 cm³/mol. The third-order valence-corrected chi connectivity index (χ3v) is 3.03. The van der Waals surface area contributed by atoms with Gasteiger partial charge in [-0.1, -0.05) is 5.10 Å². The van der Waals surface area contributed by atoms with E-state index in [0.29, 0.717) is 4.90 Å². The second-order valence-electron chi connectivity index (χ2n) is 3.45. The summed E-state index contributed by atoms with van der Waals surface area (Å²) in [5.41, 5.74) is 0.144. The van der Waals surface area contributed by atoms with Crippen molar-refractivity contribution in [1.82, 2.24) is 10.2 Å². The Labute approximate surface area is 117 Å². The molecule has 0 saturated carbocycles. The maximum absolute atomic E-state index is 13.0. The lowest BCUT2D eigenvalue weighted by Gasteiger charge is -1.99. The summed E-state index contributed by atoms with van der Waals surface area (Å²) in [7, 11) is 0. The highest BCUT2D eigenvalue weighted by Gasteiger charge is 2.17. The van der Waals surface area contributed by atoms with Crippen molar-refractivity contribution in [2.75, 3.05) is 6.61 Å². The zero-order valence-electron chi connectivity index (χ0n) is 10.3. The lowest BCUT2D eigenvalue weighted by molar-refractivity contribution is 0.0475. The first kappa shape index (κ1) is 14.0. The summed E-state index contributed by atoms with van der Waals surface area (Å²) in [5.74, 6) is -1.50. The number of nitrogens with zero attached hydrogens (tertiary/aromatic N) is 3. The van der Waals surface area contributed by atoms with Crippen molar-refractivity contribution >= 4 is 17.7 Å². The number of carbonyl (C=O) groups excluding carboxylic acids is 1. The Bertz CT molecular complexity index is 681. The quantitative estimate of drug-likeness (QED) is 0.799. The number of rotatable bonds is 4. The summed E-state index contributed by atoms with van der Waals surface area (Å²) in [4.78, 5) is 11.8. The fourth-order valence-corrected chi connectivity index (χ4v) is 2.04. The molecule has 6 nitrogen and oxygen atoms in total. The first-order chi connectivity index (χ1) is 9.63. The van der Waals surface area contributed by atoms with E-state index >= 15 is 0 Å². The van der Waals surface area contributed by atoms with E-state index in [-0.39, 0.29) is 23.3 Å². The van der Waals surface area contributed by atoms with Crippen molar-refractivity contribution in [3.05, 3.63) is 35.5 Å². The Balaban J connectivity index is 2.19. The summed E-state index contributed by atoms with van der Waals surface area (Å²) in [6.07, 6.45) is 0. The molecule has 0 unspecified atom stereocenters. The Morgan fingerprint density at radius 3 is 3.05 bits per heavy atom. The van der Waals surface area contributed by atoms with Crippen LogP contribution in [0.4, 0.5) is 4.39 Å². The van der Waals surface area contributed by atoms with Crippen molar-refractivity contribution < 1.29 is 18.3 Å². The maximum atomic E-state index is 13.0. The highest BCUT2D eigenvalue weighted by atomic mass is 32.2. The fraction of sp³-hybridized carbons (Fsp3) is 0.167. The molecular weight excluding hydrogens is 285 g/mol. The van der Waals surface area contributed by atoms with Crippen molar-refractivity contribution in [3.8, 4) is 6.07 Å². The second-order valence-corrected chi connectivity index (χ2v) is 4.44. The molecule has 1 aromatic heterocycles. The topological polar surface area (TPSA) is 89.0 Å². The molecule has 2 aromatic rings. The van der Waals surface area contributed by atoms with Gasteiger partial charge in [0.1, 0.15) is 11.9 Å². The number of benzene rings is 1. The molecule has 0 saturated heterocycles. The van der Waals surface area contributed by atoms with Crippen molar-refractivity contribution in [2.24, 2.45) is 0 Å². The standard InChI is InChI=1S/C12H8FN3O3S/c1-2-18-11(17)10-15-16-12(19-10)20-9-4-3-8(13)5-7(9)6-14/h3-5H,2H2,1H3. The van der Waals surface area contributed by atoms with E-state index in [9.17, 15) is 9.18 Å². The monoisotopic (exact) mass is 293 g/mol. The minimum Gasteiger partial charge on any atom is -0.459 e. The smallest absolute Gasteiger partial charge is 0.396 e. The van der Waals surface area contributed by atoms with Crippen molar-refractivity contribution in [2.45, 2.75) is 17.0 Å². The van der Waals surface area contributed by atoms with Crippen LogP contribution in [-0.4, -0.2) is 22.8 Å². The normalized spacial score (nSPS) is 10.1. The van der Waals surface area contributed by atoms with Crippen LogP contribution in [-0.2, 0) is 4.74 Å². The van der Waals surface area contributed by atoms with Gasteiger partial charge < -0.3 is 9.15 Å². The largest absolute Gasteiger partial charge is 0.459 e. The summed E-state index contributed by atoms with van der Waals surface area (Å²) in [6, 6.07) is 5.60. The first-order valence-electron chi connectivity index (χ1n) is 5.52. The van der Waals surface area contributed by atoms with Gasteiger partial charge in [0.25, 0.3) is 5.22 Å². The Hall–Kier alpha value is -2.40. The first-order valence-corrected chi connectivity index (χ1v) is 6.33. The minimum atomic E-state index is -0.716. The van der Waals surface area contributed by atoms with Crippen LogP contribution in [0, 0.1) is 17.1 Å². The molecule has 20 heavy (non-hydrogen) atoms. The molecule has 1 aromatic carbocycles. The zero-order chi connectivity index (χ0) is 14.5. The van der Waals surface area contributed by atoms with Gasteiger partial charge in [-0.05, 0) is 36.9 Å². The van der Waals surface area contributed by atoms with E-state index in [1.165, 1.54) is 12.1 Å². The lowest BCUT2D eigenvalue weighted by Crippen LogP contribution is -2.04. The van der Waals surface area contributed by atoms with Crippen LogP contribution in [0.3, 0.4) is 0 Å². The van der Waals surface area contributed by atoms with Gasteiger partial charge in [-0.2, -0.15) is 5.26 Å². The number of nitriles is 1. The van der Waals surface area contributed by atoms with Gasteiger partial charge in [-0.3, -0.25) is 0 Å².